The Morgan fingerprint density at radius 1 is 1.53 bits per heavy atom. The molecule has 1 aromatic rings. The Kier molecular flexibility index (Phi) is 4.44. The van der Waals surface area contributed by atoms with Gasteiger partial charge in [-0.05, 0) is 24.6 Å². The van der Waals surface area contributed by atoms with Crippen molar-refractivity contribution in [2.45, 2.75) is 19.1 Å². The molecular formula is C11H12FNOS. The second-order valence-electron chi connectivity index (χ2n) is 3.21. The summed E-state index contributed by atoms with van der Waals surface area (Å²) in [6, 6.07) is 6.06. The summed E-state index contributed by atoms with van der Waals surface area (Å²) in [6.45, 7) is 1.93. The summed E-state index contributed by atoms with van der Waals surface area (Å²) in [5.41, 5.74) is 0.765. The van der Waals surface area contributed by atoms with Gasteiger partial charge in [-0.15, -0.1) is 0 Å². The Bertz CT molecular complexity index is 412. The summed E-state index contributed by atoms with van der Waals surface area (Å²) in [5.74, 6) is 0.365. The van der Waals surface area contributed by atoms with Gasteiger partial charge in [0.1, 0.15) is 5.82 Å². The summed E-state index contributed by atoms with van der Waals surface area (Å²) in [5, 5.41) is 8.64. The van der Waals surface area contributed by atoms with Gasteiger partial charge in [0.05, 0.1) is 17.4 Å². The molecule has 1 aromatic carbocycles. The van der Waals surface area contributed by atoms with Gasteiger partial charge in [-0.3, -0.25) is 4.21 Å². The third-order valence-corrected chi connectivity index (χ3v) is 3.42. The number of hydrogen-bond acceptors (Lipinski definition) is 2. The molecular weight excluding hydrogens is 213 g/mol. The number of benzene rings is 1. The molecule has 0 fully saturated rings. The topological polar surface area (TPSA) is 40.9 Å². The zero-order valence-electron chi connectivity index (χ0n) is 8.50. The smallest absolute Gasteiger partial charge is 0.127 e. The minimum atomic E-state index is -1.04. The Labute approximate surface area is 91.2 Å². The minimum Gasteiger partial charge on any atom is -0.259 e. The lowest BCUT2D eigenvalue weighted by atomic mass is 10.1. The molecule has 0 saturated carbocycles. The number of nitriles is 1. The van der Waals surface area contributed by atoms with Crippen LogP contribution in [0.1, 0.15) is 24.5 Å². The van der Waals surface area contributed by atoms with Crippen LogP contribution in [0.25, 0.3) is 0 Å². The number of halogens is 1. The van der Waals surface area contributed by atoms with E-state index in [0.717, 1.165) is 6.42 Å². The summed E-state index contributed by atoms with van der Waals surface area (Å²) in [4.78, 5) is 0. The van der Waals surface area contributed by atoms with E-state index in [1.165, 1.54) is 18.2 Å². The second kappa shape index (κ2) is 5.62. The zero-order valence-corrected chi connectivity index (χ0v) is 9.31. The molecule has 0 aliphatic carbocycles. The van der Waals surface area contributed by atoms with Gasteiger partial charge < -0.3 is 0 Å². The van der Waals surface area contributed by atoms with Gasteiger partial charge in [0, 0.05) is 22.1 Å². The van der Waals surface area contributed by atoms with Gasteiger partial charge >= 0.3 is 0 Å². The van der Waals surface area contributed by atoms with E-state index in [1.807, 2.05) is 13.0 Å². The standard InChI is InChI=1S/C11H12FNOS/c1-2-5-15(14)8-10-6-9(7-13)3-4-11(10)12/h3-4,6H,2,5,8H2,1H3. The fourth-order valence-corrected chi connectivity index (χ4v) is 2.40. The molecule has 0 saturated heterocycles. The third-order valence-electron chi connectivity index (χ3n) is 1.92. The van der Waals surface area contributed by atoms with E-state index in [9.17, 15) is 8.60 Å². The molecule has 0 aliphatic heterocycles. The molecule has 0 heterocycles. The Hall–Kier alpha value is -1.21. The lowest BCUT2D eigenvalue weighted by molar-refractivity contribution is 0.615. The quantitative estimate of drug-likeness (QED) is 0.789. The van der Waals surface area contributed by atoms with Crippen molar-refractivity contribution in [3.8, 4) is 6.07 Å². The SMILES string of the molecule is CCCS(=O)Cc1cc(C#N)ccc1F. The van der Waals surface area contributed by atoms with Crippen LogP contribution in [0.2, 0.25) is 0 Å². The van der Waals surface area contributed by atoms with Crippen molar-refractivity contribution in [1.29, 1.82) is 5.26 Å². The van der Waals surface area contributed by atoms with Crippen molar-refractivity contribution in [3.05, 3.63) is 35.1 Å². The average Bonchev–Trinajstić information content (AvgIpc) is 2.21. The molecule has 0 spiro atoms. The van der Waals surface area contributed by atoms with Crippen molar-refractivity contribution in [1.82, 2.24) is 0 Å². The molecule has 1 atom stereocenters. The summed E-state index contributed by atoms with van der Waals surface area (Å²) in [6.07, 6.45) is 0.812. The Balaban J connectivity index is 2.85. The highest BCUT2D eigenvalue weighted by atomic mass is 32.2. The van der Waals surface area contributed by atoms with Crippen LogP contribution in [-0.2, 0) is 16.6 Å². The molecule has 4 heteroatoms. The van der Waals surface area contributed by atoms with Crippen LogP contribution in [0.15, 0.2) is 18.2 Å². The van der Waals surface area contributed by atoms with E-state index in [2.05, 4.69) is 0 Å². The number of hydrogen-bond donors (Lipinski definition) is 0. The molecule has 0 aliphatic rings. The molecule has 2 nitrogen and oxygen atoms in total. The van der Waals surface area contributed by atoms with Gasteiger partial charge in [-0.25, -0.2) is 4.39 Å². The van der Waals surface area contributed by atoms with Crippen LogP contribution in [-0.4, -0.2) is 9.96 Å². The molecule has 0 bridgehead atoms. The van der Waals surface area contributed by atoms with E-state index in [4.69, 9.17) is 5.26 Å². The second-order valence-corrected chi connectivity index (χ2v) is 4.78. The van der Waals surface area contributed by atoms with E-state index in [0.29, 0.717) is 16.9 Å². The maximum Gasteiger partial charge on any atom is 0.127 e. The molecule has 0 aromatic heterocycles. The predicted molar refractivity (Wildman–Crippen MR) is 58.1 cm³/mol. The van der Waals surface area contributed by atoms with Crippen molar-refractivity contribution in [3.63, 3.8) is 0 Å². The summed E-state index contributed by atoms with van der Waals surface area (Å²) in [7, 11) is -1.04. The third kappa shape index (κ3) is 3.45. The van der Waals surface area contributed by atoms with Crippen LogP contribution in [0.5, 0.6) is 0 Å². The van der Waals surface area contributed by atoms with E-state index in [-0.39, 0.29) is 5.75 Å². The fraction of sp³-hybridized carbons (Fsp3) is 0.364. The fourth-order valence-electron chi connectivity index (χ4n) is 1.23. The van der Waals surface area contributed by atoms with E-state index >= 15 is 0 Å². The highest BCUT2D eigenvalue weighted by molar-refractivity contribution is 7.84. The van der Waals surface area contributed by atoms with E-state index in [1.54, 1.807) is 0 Å². The first kappa shape index (κ1) is 11.9. The van der Waals surface area contributed by atoms with Crippen molar-refractivity contribution >= 4 is 10.8 Å². The van der Waals surface area contributed by atoms with Gasteiger partial charge in [0.2, 0.25) is 0 Å². The zero-order chi connectivity index (χ0) is 11.3. The van der Waals surface area contributed by atoms with Crippen LogP contribution in [0, 0.1) is 17.1 Å². The first-order chi connectivity index (χ1) is 7.17. The molecule has 15 heavy (non-hydrogen) atoms. The Morgan fingerprint density at radius 2 is 2.27 bits per heavy atom. The number of rotatable bonds is 4. The van der Waals surface area contributed by atoms with Gasteiger partial charge in [-0.1, -0.05) is 6.92 Å². The van der Waals surface area contributed by atoms with Crippen LogP contribution in [0.3, 0.4) is 0 Å². The average molecular weight is 225 g/mol. The monoisotopic (exact) mass is 225 g/mol. The van der Waals surface area contributed by atoms with Crippen LogP contribution >= 0.6 is 0 Å². The molecule has 0 N–H and O–H groups in total. The molecule has 0 amide bonds. The molecule has 1 unspecified atom stereocenters. The maximum atomic E-state index is 13.3. The van der Waals surface area contributed by atoms with Crippen molar-refractivity contribution in [2.24, 2.45) is 0 Å². The van der Waals surface area contributed by atoms with Gasteiger partial charge in [-0.2, -0.15) is 5.26 Å². The maximum absolute atomic E-state index is 13.3. The number of nitrogens with zero attached hydrogens (tertiary/aromatic N) is 1. The van der Waals surface area contributed by atoms with E-state index < -0.39 is 16.6 Å². The highest BCUT2D eigenvalue weighted by Gasteiger charge is 2.07. The van der Waals surface area contributed by atoms with Crippen molar-refractivity contribution < 1.29 is 8.60 Å². The molecule has 1 rings (SSSR count). The lowest BCUT2D eigenvalue weighted by Crippen LogP contribution is -2.02. The predicted octanol–water partition coefficient (Wildman–Crippen LogP) is 2.36. The van der Waals surface area contributed by atoms with Crippen molar-refractivity contribution in [2.75, 3.05) is 5.75 Å². The summed E-state index contributed by atoms with van der Waals surface area (Å²) < 4.78 is 24.7. The lowest BCUT2D eigenvalue weighted by Gasteiger charge is -2.03. The van der Waals surface area contributed by atoms with Gasteiger partial charge in [0.15, 0.2) is 0 Å². The first-order valence-electron chi connectivity index (χ1n) is 4.71. The van der Waals surface area contributed by atoms with Gasteiger partial charge in [0.25, 0.3) is 0 Å². The molecule has 80 valence electrons. The van der Waals surface area contributed by atoms with Crippen LogP contribution in [0.4, 0.5) is 4.39 Å². The normalized spacial score (nSPS) is 12.1. The first-order valence-corrected chi connectivity index (χ1v) is 6.19. The largest absolute Gasteiger partial charge is 0.259 e. The highest BCUT2D eigenvalue weighted by Crippen LogP contribution is 2.12. The summed E-state index contributed by atoms with van der Waals surface area (Å²) >= 11 is 0. The minimum absolute atomic E-state index is 0.190. The Morgan fingerprint density at radius 3 is 2.87 bits per heavy atom. The van der Waals surface area contributed by atoms with Crippen LogP contribution < -0.4 is 0 Å². The molecule has 0 radical (unpaired) electrons.